The second-order valence-corrected chi connectivity index (χ2v) is 4.35. The topological polar surface area (TPSA) is 56.2 Å². The molecule has 0 atom stereocenters. The number of nitrogens with zero attached hydrogens (tertiary/aromatic N) is 3. The van der Waals surface area contributed by atoms with Crippen molar-refractivity contribution in [3.63, 3.8) is 0 Å². The van der Waals surface area contributed by atoms with E-state index in [1.807, 2.05) is 17.7 Å². The molecule has 1 rings (SSSR count). The quantitative estimate of drug-likeness (QED) is 0.617. The predicted octanol–water partition coefficient (Wildman–Crippen LogP) is 0.866. The first-order chi connectivity index (χ1) is 6.50. The summed E-state index contributed by atoms with van der Waals surface area (Å²) in [5, 5.41) is 0. The summed E-state index contributed by atoms with van der Waals surface area (Å²) >= 11 is 2.35. The Morgan fingerprint density at radius 3 is 2.71 bits per heavy atom. The minimum absolute atomic E-state index is 0.395. The first kappa shape index (κ1) is 11.2. The summed E-state index contributed by atoms with van der Waals surface area (Å²) < 4.78 is 2.87. The monoisotopic (exact) mass is 229 g/mol. The third kappa shape index (κ3) is 2.82. The van der Waals surface area contributed by atoms with Crippen LogP contribution in [0.15, 0.2) is 17.5 Å². The van der Waals surface area contributed by atoms with Crippen molar-refractivity contribution in [2.75, 3.05) is 0 Å². The first-order valence-electron chi connectivity index (χ1n) is 4.41. The van der Waals surface area contributed by atoms with E-state index in [1.165, 1.54) is 0 Å². The second kappa shape index (κ2) is 4.57. The molecule has 0 radical (unpaired) electrons. The minimum atomic E-state index is 0.395. The average molecular weight is 229 g/mol. The molecule has 0 unspecified atom stereocenters. The zero-order valence-electron chi connectivity index (χ0n) is 8.60. The molecule has 4 nitrogen and oxygen atoms in total. The van der Waals surface area contributed by atoms with Gasteiger partial charge in [0.1, 0.15) is 0 Å². The van der Waals surface area contributed by atoms with Gasteiger partial charge in [0.05, 0.1) is 0 Å². The van der Waals surface area contributed by atoms with Crippen LogP contribution in [-0.4, -0.2) is 19.7 Å². The van der Waals surface area contributed by atoms with Crippen molar-refractivity contribution in [1.82, 2.24) is 9.55 Å². The summed E-state index contributed by atoms with van der Waals surface area (Å²) in [6, 6.07) is 0.395. The van der Waals surface area contributed by atoms with Crippen molar-refractivity contribution in [3.8, 4) is 0 Å². The van der Waals surface area contributed by atoms with Crippen LogP contribution in [0, 0.1) is 0 Å². The Hall–Kier alpha value is -0.866. The Bertz CT molecular complexity index is 365. The zero-order chi connectivity index (χ0) is 10.7. The van der Waals surface area contributed by atoms with Crippen LogP contribution in [0.3, 0.4) is 0 Å². The van der Waals surface area contributed by atoms with E-state index in [1.54, 1.807) is 6.33 Å². The van der Waals surface area contributed by atoms with E-state index in [2.05, 4.69) is 40.8 Å². The maximum absolute atomic E-state index is 5.75. The van der Waals surface area contributed by atoms with Crippen LogP contribution in [0.1, 0.15) is 32.5 Å². The van der Waals surface area contributed by atoms with Crippen LogP contribution >= 0.6 is 0 Å². The van der Waals surface area contributed by atoms with Crippen molar-refractivity contribution < 1.29 is 17.0 Å². The van der Waals surface area contributed by atoms with Gasteiger partial charge >= 0.3 is 92.5 Å². The molecule has 1 heterocycles. The molecule has 0 aliphatic carbocycles. The summed E-state index contributed by atoms with van der Waals surface area (Å²) in [4.78, 5) is 8.31. The van der Waals surface area contributed by atoms with Gasteiger partial charge in [0.15, 0.2) is 0 Å². The fourth-order valence-corrected chi connectivity index (χ4v) is 1.15. The number of nitrogens with two attached hydrogens (primary N) is 1. The molecule has 0 aliphatic heterocycles. The summed E-state index contributed by atoms with van der Waals surface area (Å²) in [6.45, 7) is 6.06. The summed E-state index contributed by atoms with van der Waals surface area (Å²) in [5.74, 6) is 0.461. The van der Waals surface area contributed by atoms with Gasteiger partial charge in [-0.2, -0.15) is 0 Å². The fourth-order valence-electron chi connectivity index (χ4n) is 0.983. The standard InChI is InChI=1S/C9H14N4.V/c1-4-11-9(10)8-5-13(6-12-8)7(2)3;/h5-7H,10H2,1-3H3;. The van der Waals surface area contributed by atoms with E-state index < -0.39 is 0 Å². The van der Waals surface area contributed by atoms with Crippen LogP contribution in [-0.2, 0) is 17.0 Å². The van der Waals surface area contributed by atoms with Crippen LogP contribution in [0.5, 0.6) is 0 Å². The Morgan fingerprint density at radius 1 is 1.64 bits per heavy atom. The van der Waals surface area contributed by atoms with Crippen molar-refractivity contribution in [2.45, 2.75) is 26.8 Å². The van der Waals surface area contributed by atoms with E-state index >= 15 is 0 Å². The Morgan fingerprint density at radius 2 is 2.29 bits per heavy atom. The summed E-state index contributed by atoms with van der Waals surface area (Å²) in [6.07, 6.45) is 3.67. The van der Waals surface area contributed by atoms with Crippen molar-refractivity contribution in [3.05, 3.63) is 18.2 Å². The number of aliphatic imine (C=N–C) groups is 1. The van der Waals surface area contributed by atoms with Gasteiger partial charge < -0.3 is 0 Å². The van der Waals surface area contributed by atoms with Gasteiger partial charge in [0.2, 0.25) is 0 Å². The molecular weight excluding hydrogens is 215 g/mol. The van der Waals surface area contributed by atoms with Crippen LogP contribution in [0.4, 0.5) is 0 Å². The molecule has 0 saturated carbocycles. The molecule has 1 aromatic rings. The van der Waals surface area contributed by atoms with Crippen molar-refractivity contribution in [2.24, 2.45) is 10.7 Å². The van der Waals surface area contributed by atoms with Crippen LogP contribution < -0.4 is 5.73 Å². The van der Waals surface area contributed by atoms with Crippen LogP contribution in [0.2, 0.25) is 0 Å². The van der Waals surface area contributed by atoms with Gasteiger partial charge in [-0.15, -0.1) is 0 Å². The zero-order valence-corrected chi connectivity index (χ0v) is 9.99. The van der Waals surface area contributed by atoms with Gasteiger partial charge in [-0.1, -0.05) is 0 Å². The molecule has 5 heteroatoms. The third-order valence-electron chi connectivity index (χ3n) is 1.74. The van der Waals surface area contributed by atoms with Gasteiger partial charge in [0.25, 0.3) is 0 Å². The molecule has 2 N–H and O–H groups in total. The molecule has 0 aliphatic rings. The number of rotatable bonds is 3. The van der Waals surface area contributed by atoms with Gasteiger partial charge in [0, 0.05) is 0 Å². The molecule has 0 fully saturated rings. The Balaban J connectivity index is 2.92. The molecule has 14 heavy (non-hydrogen) atoms. The number of hydrogen-bond donors (Lipinski definition) is 1. The fraction of sp³-hybridized carbons (Fsp3) is 0.444. The van der Waals surface area contributed by atoms with Gasteiger partial charge in [-0.05, 0) is 0 Å². The van der Waals surface area contributed by atoms with Crippen LogP contribution in [0.25, 0.3) is 0 Å². The second-order valence-electron chi connectivity index (χ2n) is 3.34. The normalized spacial score (nSPS) is 12.1. The predicted molar refractivity (Wildman–Crippen MR) is 54.0 cm³/mol. The summed E-state index contributed by atoms with van der Waals surface area (Å²) in [7, 11) is 0. The molecule has 1 aromatic heterocycles. The Kier molecular flexibility index (Phi) is 3.66. The molecule has 0 amide bonds. The van der Waals surface area contributed by atoms with E-state index in [9.17, 15) is 0 Å². The van der Waals surface area contributed by atoms with E-state index in [0.717, 1.165) is 10.0 Å². The molecular formula is C9H14N4V. The summed E-state index contributed by atoms with van der Waals surface area (Å²) in [5.41, 5.74) is 6.48. The van der Waals surface area contributed by atoms with Crippen molar-refractivity contribution in [1.29, 1.82) is 0 Å². The van der Waals surface area contributed by atoms with E-state index in [0.29, 0.717) is 11.9 Å². The van der Waals surface area contributed by atoms with Gasteiger partial charge in [-0.3, -0.25) is 0 Å². The number of aromatic nitrogens is 2. The number of hydrogen-bond acceptors (Lipinski definition) is 2. The molecule has 75 valence electrons. The SMILES string of the molecule is C[C](=[V])N=C(N)c1cn(C(C)C)cn1. The number of amidine groups is 1. The first-order valence-corrected chi connectivity index (χ1v) is 5.11. The van der Waals surface area contributed by atoms with E-state index in [-0.39, 0.29) is 0 Å². The average Bonchev–Trinajstić information content (AvgIpc) is 2.50. The molecule has 0 saturated heterocycles. The molecule has 0 spiro atoms. The van der Waals surface area contributed by atoms with Crippen molar-refractivity contribution >= 4 is 10.2 Å². The molecule has 0 bridgehead atoms. The third-order valence-corrected chi connectivity index (χ3v) is 1.90. The number of imidazole rings is 1. The molecule has 0 aromatic carbocycles. The van der Waals surface area contributed by atoms with Gasteiger partial charge in [-0.25, -0.2) is 0 Å². The Labute approximate surface area is 92.7 Å². The van der Waals surface area contributed by atoms with E-state index in [4.69, 9.17) is 5.73 Å². The maximum atomic E-state index is 5.75.